The topological polar surface area (TPSA) is 737 Å². The molecule has 8 heterocycles. The summed E-state index contributed by atoms with van der Waals surface area (Å²) in [6.45, 7) is 2.34. The van der Waals surface area contributed by atoms with E-state index in [9.17, 15) is 121 Å². The first-order valence-corrected chi connectivity index (χ1v) is 45.1. The molecule has 0 aromatic carbocycles. The lowest BCUT2D eigenvalue weighted by Gasteiger charge is -2.31. The molecule has 112 heavy (non-hydrogen) atoms. The molecule has 4 fully saturated rings. The van der Waals surface area contributed by atoms with Crippen LogP contribution in [0.2, 0.25) is 0 Å². The van der Waals surface area contributed by atoms with Gasteiger partial charge in [0, 0.05) is 37.6 Å². The second kappa shape index (κ2) is 37.0. The van der Waals surface area contributed by atoms with Crippen LogP contribution in [0, 0.1) is 0 Å². The molecular formula is C46H64Cl4F8N12O34P8. The van der Waals surface area contributed by atoms with Crippen molar-refractivity contribution >= 4 is 131 Å². The molecule has 0 bridgehead atoms. The molecule has 636 valence electrons. The van der Waals surface area contributed by atoms with Gasteiger partial charge in [0.1, 0.15) is 77.2 Å². The molecule has 22 atom stereocenters. The number of nitrogen functional groups attached to an aromatic ring is 4. The first-order chi connectivity index (χ1) is 50.9. The maximum absolute atomic E-state index is 14.7. The van der Waals surface area contributed by atoms with Gasteiger partial charge < -0.3 is 116 Å². The second-order valence-corrected chi connectivity index (χ2v) is 39.4. The minimum atomic E-state index is -5.96. The molecule has 4 aromatic rings. The number of aliphatic hydroxyl groups excluding tert-OH is 4. The Hall–Kier alpha value is -4.24. The van der Waals surface area contributed by atoms with Gasteiger partial charge in [-0.25, -0.2) is 76.8 Å². The van der Waals surface area contributed by atoms with E-state index >= 15 is 0 Å². The minimum absolute atomic E-state index is 0.0716. The Labute approximate surface area is 638 Å². The van der Waals surface area contributed by atoms with Gasteiger partial charge >= 0.3 is 76.8 Å². The molecule has 0 amide bonds. The van der Waals surface area contributed by atoms with E-state index in [0.29, 0.717) is 19.8 Å². The Morgan fingerprint density at radius 1 is 0.464 bits per heavy atom. The van der Waals surface area contributed by atoms with Crippen LogP contribution in [0.15, 0.2) is 91.5 Å². The number of ether oxygens (including phenoxy) is 4. The number of anilines is 4. The fraction of sp³-hybridized carbons (Fsp3) is 0.565. The van der Waals surface area contributed by atoms with E-state index < -0.39 is 240 Å². The normalized spacial score (nSPS) is 31.2. The highest BCUT2D eigenvalue weighted by molar-refractivity contribution is 7.69. The minimum Gasteiger partial charge on any atom is -0.387 e. The summed E-state index contributed by atoms with van der Waals surface area (Å²) in [7, 11) is -43.6. The lowest BCUT2D eigenvalue weighted by molar-refractivity contribution is -0.100. The van der Waals surface area contributed by atoms with E-state index in [1.54, 1.807) is 0 Å². The molecule has 46 nitrogen and oxygen atoms in total. The molecule has 8 rings (SSSR count). The van der Waals surface area contributed by atoms with Crippen LogP contribution in [0.25, 0.3) is 0 Å². The van der Waals surface area contributed by atoms with Gasteiger partial charge in [-0.3, -0.25) is 32.0 Å². The SMILES string of the molecule is CP(C)(=O)C(F)=C[C@@]1(CCl)O[C@@H](n2ccc(N)nc2=O)[C@H](F)[C@@H]1O.Nc1ccn([C@@H]2O[C@@](C=C(F)P(=O)(O)O)(CCl)[C@@H](O)[C@H]2F)c(=O)n1.Nc1ccn([C@@H]2O[C@](CCl)(C[C@@H](F)P(=O)(O)OP(=O)(O)OP(=O)(O)O)[C@@H](O)[C@H]2F)c(=O)n1.Nc1ccn([C@@H]2O[C@](CCl)(C[C@H](F)P(=O)(O)OP(=O)(O)OP(=O)(O)O)[C@@H](O)[C@H]2F)c(=O)n1. The first kappa shape index (κ1) is 98.3. The monoisotopic (exact) mass is 1870 g/mol. The average molecular weight is 1870 g/mol. The number of hydrogen-bond donors (Lipinski definition) is 18. The van der Waals surface area contributed by atoms with Gasteiger partial charge in [0.25, 0.3) is 0 Å². The van der Waals surface area contributed by atoms with E-state index in [1.807, 2.05) is 0 Å². The van der Waals surface area contributed by atoms with Gasteiger partial charge in [0.05, 0.1) is 23.5 Å². The van der Waals surface area contributed by atoms with Gasteiger partial charge in [-0.05, 0) is 49.7 Å². The number of hydrogen-bond acceptors (Lipinski definition) is 32. The second-order valence-electron chi connectivity index (χ2n) is 23.8. The zero-order valence-electron chi connectivity index (χ0n) is 55.5. The van der Waals surface area contributed by atoms with Gasteiger partial charge in [0.2, 0.25) is 17.4 Å². The van der Waals surface area contributed by atoms with Crippen LogP contribution in [-0.2, 0) is 72.7 Å². The summed E-state index contributed by atoms with van der Waals surface area (Å²) >= 11 is 22.7. The molecule has 0 radical (unpaired) electrons. The highest BCUT2D eigenvalue weighted by Gasteiger charge is 2.62. The molecule has 4 aromatic heterocycles. The Morgan fingerprint density at radius 2 is 0.714 bits per heavy atom. The zero-order chi connectivity index (χ0) is 86.0. The van der Waals surface area contributed by atoms with Crippen LogP contribution in [0.5, 0.6) is 0 Å². The molecule has 66 heteroatoms. The van der Waals surface area contributed by atoms with Crippen molar-refractivity contribution < 1.29 is 177 Å². The highest BCUT2D eigenvalue weighted by atomic mass is 35.5. The summed E-state index contributed by atoms with van der Waals surface area (Å²) in [6, 6.07) is 4.57. The Bertz CT molecular complexity index is 4520. The molecule has 4 aliphatic rings. The van der Waals surface area contributed by atoms with E-state index in [0.717, 1.165) is 47.6 Å². The van der Waals surface area contributed by atoms with Gasteiger partial charge in [-0.15, -0.1) is 46.4 Å². The molecule has 0 aliphatic carbocycles. The van der Waals surface area contributed by atoms with Crippen LogP contribution in [-0.4, -0.2) is 228 Å². The van der Waals surface area contributed by atoms with Crippen LogP contribution >= 0.6 is 108 Å². The van der Waals surface area contributed by atoms with Gasteiger partial charge in [-0.2, -0.15) is 32.9 Å². The number of nitrogens with zero attached hydrogens (tertiary/aromatic N) is 8. The van der Waals surface area contributed by atoms with Crippen molar-refractivity contribution in [2.45, 2.75) is 121 Å². The third-order valence-corrected chi connectivity index (χ3v) is 27.5. The fourth-order valence-corrected chi connectivity index (χ4v) is 19.2. The number of halogens is 12. The van der Waals surface area contributed by atoms with E-state index in [1.165, 1.54) is 19.4 Å². The molecule has 4 saturated heterocycles. The molecule has 4 aliphatic heterocycles. The van der Waals surface area contributed by atoms with Crippen LogP contribution in [0.1, 0.15) is 37.8 Å². The Kier molecular flexibility index (Phi) is 32.4. The van der Waals surface area contributed by atoms with Gasteiger partial charge in [-0.1, -0.05) is 0 Å². The van der Waals surface area contributed by atoms with Crippen molar-refractivity contribution in [1.29, 1.82) is 0 Å². The summed E-state index contributed by atoms with van der Waals surface area (Å²) in [4.78, 5) is 150. The lowest BCUT2D eigenvalue weighted by Crippen LogP contribution is -2.46. The van der Waals surface area contributed by atoms with Crippen molar-refractivity contribution in [1.82, 2.24) is 38.2 Å². The number of alkyl halides is 10. The Balaban J connectivity index is 0.000000269. The summed E-state index contributed by atoms with van der Waals surface area (Å²) in [5.41, 5.74) is 4.98. The predicted octanol–water partition coefficient (Wildman–Crippen LogP) is 1.74. The van der Waals surface area contributed by atoms with Gasteiger partial charge in [0.15, 0.2) is 55.2 Å². The average Bonchev–Trinajstić information content (AvgIpc) is 1.62. The fourth-order valence-electron chi connectivity index (χ4n) is 9.88. The predicted molar refractivity (Wildman–Crippen MR) is 366 cm³/mol. The summed E-state index contributed by atoms with van der Waals surface area (Å²) in [5.74, 6) is -10.1. The van der Waals surface area contributed by atoms with Crippen LogP contribution < -0.4 is 45.7 Å². The molecular weight excluding hydrogens is 1810 g/mol. The van der Waals surface area contributed by atoms with Crippen molar-refractivity contribution in [3.05, 3.63) is 114 Å². The van der Waals surface area contributed by atoms with Crippen molar-refractivity contribution in [2.75, 3.05) is 59.8 Å². The number of aliphatic hydroxyl groups is 4. The number of phosphoric acid groups is 4. The number of aromatic nitrogens is 8. The lowest BCUT2D eigenvalue weighted by atomic mass is 9.94. The maximum atomic E-state index is 14.7. The molecule has 0 saturated carbocycles. The van der Waals surface area contributed by atoms with E-state index in [4.69, 9.17) is 127 Å². The first-order valence-electron chi connectivity index (χ1n) is 29.4. The quantitative estimate of drug-likeness (QED) is 0.0242. The largest absolute Gasteiger partial charge is 0.488 e. The Morgan fingerprint density at radius 3 is 0.938 bits per heavy atom. The van der Waals surface area contributed by atoms with Crippen molar-refractivity contribution in [2.24, 2.45) is 0 Å². The summed E-state index contributed by atoms with van der Waals surface area (Å²) in [5, 5.41) is 40.6. The van der Waals surface area contributed by atoms with E-state index in [2.05, 4.69) is 37.2 Å². The molecule has 22 N–H and O–H groups in total. The number of nitrogens with two attached hydrogens (primary N) is 4. The van der Waals surface area contributed by atoms with E-state index in [-0.39, 0.29) is 29.3 Å². The summed E-state index contributed by atoms with van der Waals surface area (Å²) < 4.78 is 243. The third-order valence-electron chi connectivity index (χ3n) is 15.3. The summed E-state index contributed by atoms with van der Waals surface area (Å²) in [6.07, 6.45) is -22.7. The standard InChI is InChI=1S/C13H17ClF2N3O4P.2C11H17ClF2N3O12P3.C11H13ClF2N3O6P/c1-24(2,22)7(15)5-13(6-14)10(20)9(16)11(23-13)19-4-3-8(17)18-12(19)21;2*12-4-11(3-5(13)30(20,21)28-32(25,26)29-31(22,23)24)8(18)7(14)9(27-11)17-2-1-6(15)16-10(17)19;12-4-11(3-5(13)24(20,21)22)8(18)7(14)9(23-11)17-2-1-6(15)16-10(17)19/h3-5,9-11,20H,6H2,1-2H3,(H2,17,18,21);2*1-2,5,7-9,18H,3-4H2,(H,20,21)(H,25,26)(H2,15,16,19)(H2,22,23,24);1-3,7-9,18H,4H2,(H2,15,16,19)(H2,20,21,22)/t9-,10+,11-,13+;5-,7+,8-,9+,11-;5-,7-,8+,9-,11+;7-,8+,9-,11+/m1011/s1. The smallest absolute Gasteiger partial charge is 0.387 e. The highest BCUT2D eigenvalue weighted by Crippen LogP contribution is 2.70. The van der Waals surface area contributed by atoms with Crippen LogP contribution in [0.3, 0.4) is 0 Å². The third kappa shape index (κ3) is 24.0. The molecule has 4 unspecified atom stereocenters. The van der Waals surface area contributed by atoms with Crippen molar-refractivity contribution in [3.8, 4) is 0 Å². The number of rotatable bonds is 26. The van der Waals surface area contributed by atoms with Crippen LogP contribution in [0.4, 0.5) is 58.4 Å². The maximum Gasteiger partial charge on any atom is 0.488 e. The zero-order valence-corrected chi connectivity index (χ0v) is 65.7. The molecule has 0 spiro atoms. The van der Waals surface area contributed by atoms with Crippen molar-refractivity contribution in [3.63, 3.8) is 0 Å².